The van der Waals surface area contributed by atoms with Crippen LogP contribution in [0.25, 0.3) is 0 Å². The average Bonchev–Trinajstić information content (AvgIpc) is 2.21. The molecule has 0 aliphatic heterocycles. The van der Waals surface area contributed by atoms with Crippen molar-refractivity contribution in [2.24, 2.45) is 0 Å². The molecule has 0 unspecified atom stereocenters. The maximum absolute atomic E-state index is 11.2. The van der Waals surface area contributed by atoms with Gasteiger partial charge in [0.05, 0.1) is 6.61 Å². The van der Waals surface area contributed by atoms with E-state index >= 15 is 0 Å². The van der Waals surface area contributed by atoms with Crippen molar-refractivity contribution >= 4 is 21.9 Å². The quantitative estimate of drug-likeness (QED) is 0.786. The lowest BCUT2D eigenvalue weighted by molar-refractivity contribution is -0.143. The summed E-state index contributed by atoms with van der Waals surface area (Å²) in [6.07, 6.45) is 1.16. The number of esters is 1. The van der Waals surface area contributed by atoms with Crippen LogP contribution in [0.1, 0.15) is 24.5 Å². The van der Waals surface area contributed by atoms with Gasteiger partial charge in [-0.25, -0.2) is 0 Å². The molecule has 0 saturated carbocycles. The molecule has 0 saturated heterocycles. The van der Waals surface area contributed by atoms with Crippen LogP contribution in [0, 0.1) is 6.92 Å². The molecule has 1 rings (SSSR count). The van der Waals surface area contributed by atoms with E-state index in [9.17, 15) is 4.79 Å². The minimum absolute atomic E-state index is 0.133. The smallest absolute Gasteiger partial charge is 0.306 e. The third-order valence-corrected chi connectivity index (χ3v) is 3.31. The molecule has 0 N–H and O–H groups in total. The monoisotopic (exact) mass is 270 g/mol. The van der Waals surface area contributed by atoms with Crippen LogP contribution in [0.5, 0.6) is 0 Å². The summed E-state index contributed by atoms with van der Waals surface area (Å²) >= 11 is 3.52. The summed E-state index contributed by atoms with van der Waals surface area (Å²) in [4.78, 5) is 11.2. The van der Waals surface area contributed by atoms with Crippen LogP contribution in [-0.4, -0.2) is 12.6 Å². The number of hydrogen-bond acceptors (Lipinski definition) is 2. The van der Waals surface area contributed by atoms with E-state index < -0.39 is 0 Å². The molecule has 0 bridgehead atoms. The number of halogens is 1. The largest absolute Gasteiger partial charge is 0.466 e. The number of ether oxygens (including phenoxy) is 1. The van der Waals surface area contributed by atoms with Crippen LogP contribution >= 0.6 is 15.9 Å². The summed E-state index contributed by atoms with van der Waals surface area (Å²) < 4.78 is 5.97. The topological polar surface area (TPSA) is 26.3 Å². The Morgan fingerprint density at radius 2 is 2.20 bits per heavy atom. The first-order chi connectivity index (χ1) is 7.15. The number of hydrogen-bond donors (Lipinski definition) is 0. The first-order valence-electron chi connectivity index (χ1n) is 5.04. The van der Waals surface area contributed by atoms with Crippen molar-refractivity contribution in [3.8, 4) is 0 Å². The molecule has 0 spiro atoms. The summed E-state index contributed by atoms with van der Waals surface area (Å²) in [6, 6.07) is 6.06. The Labute approximate surface area is 98.8 Å². The average molecular weight is 271 g/mol. The summed E-state index contributed by atoms with van der Waals surface area (Å²) in [5, 5.41) is 0. The summed E-state index contributed by atoms with van der Waals surface area (Å²) in [5.41, 5.74) is 2.35. The molecule has 0 heterocycles. The molecule has 3 heteroatoms. The molecule has 82 valence electrons. The Bertz CT molecular complexity index is 347. The molecule has 0 amide bonds. The van der Waals surface area contributed by atoms with Gasteiger partial charge < -0.3 is 4.74 Å². The highest BCUT2D eigenvalue weighted by atomic mass is 79.9. The maximum atomic E-state index is 11.2. The molecule has 0 radical (unpaired) electrons. The zero-order valence-electron chi connectivity index (χ0n) is 9.05. The van der Waals surface area contributed by atoms with E-state index in [1.165, 1.54) is 5.56 Å². The lowest BCUT2D eigenvalue weighted by Gasteiger charge is -2.06. The van der Waals surface area contributed by atoms with Gasteiger partial charge in [0, 0.05) is 10.9 Å². The molecular formula is C12H15BrO2. The van der Waals surface area contributed by atoms with Crippen molar-refractivity contribution in [2.75, 3.05) is 6.61 Å². The molecule has 1 aromatic carbocycles. The minimum Gasteiger partial charge on any atom is -0.466 e. The van der Waals surface area contributed by atoms with Crippen LogP contribution in [-0.2, 0) is 16.0 Å². The molecule has 0 aliphatic rings. The number of aryl methyl sites for hydroxylation is 2. The van der Waals surface area contributed by atoms with E-state index in [0.29, 0.717) is 13.0 Å². The SMILES string of the molecule is CCOC(=O)CCc1cccc(C)c1Br. The Kier molecular flexibility index (Phi) is 4.82. The van der Waals surface area contributed by atoms with Gasteiger partial charge in [0.1, 0.15) is 0 Å². The molecule has 0 atom stereocenters. The zero-order chi connectivity index (χ0) is 11.3. The van der Waals surface area contributed by atoms with Crippen molar-refractivity contribution in [1.82, 2.24) is 0 Å². The predicted octanol–water partition coefficient (Wildman–Crippen LogP) is 3.25. The van der Waals surface area contributed by atoms with E-state index in [1.807, 2.05) is 32.0 Å². The van der Waals surface area contributed by atoms with E-state index in [-0.39, 0.29) is 5.97 Å². The fourth-order valence-corrected chi connectivity index (χ4v) is 1.83. The molecule has 0 aromatic heterocycles. The van der Waals surface area contributed by atoms with Crippen LogP contribution in [0.2, 0.25) is 0 Å². The highest BCUT2D eigenvalue weighted by molar-refractivity contribution is 9.10. The molecule has 1 aromatic rings. The van der Waals surface area contributed by atoms with E-state index in [1.54, 1.807) is 0 Å². The second-order valence-corrected chi connectivity index (χ2v) is 4.15. The van der Waals surface area contributed by atoms with Gasteiger partial charge in [0.25, 0.3) is 0 Å². The summed E-state index contributed by atoms with van der Waals surface area (Å²) in [6.45, 7) is 4.31. The zero-order valence-corrected chi connectivity index (χ0v) is 10.6. The maximum Gasteiger partial charge on any atom is 0.306 e. The second-order valence-electron chi connectivity index (χ2n) is 3.35. The van der Waals surface area contributed by atoms with Crippen molar-refractivity contribution in [2.45, 2.75) is 26.7 Å². The lowest BCUT2D eigenvalue weighted by Crippen LogP contribution is -2.05. The van der Waals surface area contributed by atoms with Gasteiger partial charge in [-0.2, -0.15) is 0 Å². The van der Waals surface area contributed by atoms with Gasteiger partial charge in [-0.1, -0.05) is 34.1 Å². The molecule has 2 nitrogen and oxygen atoms in total. The van der Waals surface area contributed by atoms with E-state index in [2.05, 4.69) is 15.9 Å². The van der Waals surface area contributed by atoms with Gasteiger partial charge in [0.2, 0.25) is 0 Å². The normalized spacial score (nSPS) is 10.1. The molecular weight excluding hydrogens is 256 g/mol. The third kappa shape index (κ3) is 3.67. The molecule has 15 heavy (non-hydrogen) atoms. The number of carbonyl (C=O) groups excluding carboxylic acids is 1. The standard InChI is InChI=1S/C12H15BrO2/c1-3-15-11(14)8-7-10-6-4-5-9(2)12(10)13/h4-6H,3,7-8H2,1-2H3. The van der Waals surface area contributed by atoms with Crippen LogP contribution in [0.15, 0.2) is 22.7 Å². The van der Waals surface area contributed by atoms with Gasteiger partial charge in [-0.15, -0.1) is 0 Å². The molecule has 0 fully saturated rings. The van der Waals surface area contributed by atoms with Crippen molar-refractivity contribution < 1.29 is 9.53 Å². The van der Waals surface area contributed by atoms with Crippen LogP contribution < -0.4 is 0 Å². The number of rotatable bonds is 4. The molecule has 0 aliphatic carbocycles. The fourth-order valence-electron chi connectivity index (χ4n) is 1.37. The Morgan fingerprint density at radius 1 is 1.47 bits per heavy atom. The summed E-state index contributed by atoms with van der Waals surface area (Å²) in [7, 11) is 0. The highest BCUT2D eigenvalue weighted by Gasteiger charge is 2.06. The van der Waals surface area contributed by atoms with Gasteiger partial charge >= 0.3 is 5.97 Å². The predicted molar refractivity (Wildman–Crippen MR) is 63.8 cm³/mol. The Morgan fingerprint density at radius 3 is 2.87 bits per heavy atom. The highest BCUT2D eigenvalue weighted by Crippen LogP contribution is 2.22. The van der Waals surface area contributed by atoms with E-state index in [0.717, 1.165) is 16.5 Å². The fraction of sp³-hybridized carbons (Fsp3) is 0.417. The first kappa shape index (κ1) is 12.2. The second kappa shape index (κ2) is 5.91. The van der Waals surface area contributed by atoms with Crippen LogP contribution in [0.3, 0.4) is 0 Å². The Hall–Kier alpha value is -0.830. The minimum atomic E-state index is -0.133. The van der Waals surface area contributed by atoms with Crippen molar-refractivity contribution in [3.05, 3.63) is 33.8 Å². The van der Waals surface area contributed by atoms with Gasteiger partial charge in [0.15, 0.2) is 0 Å². The van der Waals surface area contributed by atoms with Crippen molar-refractivity contribution in [1.29, 1.82) is 0 Å². The van der Waals surface area contributed by atoms with Crippen molar-refractivity contribution in [3.63, 3.8) is 0 Å². The third-order valence-electron chi connectivity index (χ3n) is 2.18. The Balaban J connectivity index is 2.58. The van der Waals surface area contributed by atoms with Crippen LogP contribution in [0.4, 0.5) is 0 Å². The van der Waals surface area contributed by atoms with Gasteiger partial charge in [-0.3, -0.25) is 4.79 Å². The first-order valence-corrected chi connectivity index (χ1v) is 5.84. The number of carbonyl (C=O) groups is 1. The van der Waals surface area contributed by atoms with E-state index in [4.69, 9.17) is 4.74 Å². The van der Waals surface area contributed by atoms with Gasteiger partial charge in [-0.05, 0) is 31.4 Å². The lowest BCUT2D eigenvalue weighted by atomic mass is 10.1. The number of benzene rings is 1. The summed E-state index contributed by atoms with van der Waals surface area (Å²) in [5.74, 6) is -0.133.